The number of fused-ring (bicyclic) bond motifs is 6. The molecule has 6 aromatic rings. The average Bonchev–Trinajstić information content (AvgIpc) is 3.42. The number of ketones is 1. The molecule has 82 heavy (non-hydrogen) atoms. The fraction of sp³-hybridized carbons (Fsp3) is 0.411. The van der Waals surface area contributed by atoms with Gasteiger partial charge in [0.05, 0.1) is 60.3 Å². The summed E-state index contributed by atoms with van der Waals surface area (Å²) in [6.07, 6.45) is 3.11. The number of anilines is 10. The highest BCUT2D eigenvalue weighted by Crippen LogP contribution is 2.44. The molecule has 0 bridgehead atoms. The van der Waals surface area contributed by atoms with Gasteiger partial charge in [0.2, 0.25) is 11.9 Å². The number of carbonyl (C=O) groups is 1. The van der Waals surface area contributed by atoms with Crippen molar-refractivity contribution in [2.75, 3.05) is 150 Å². The average molecular weight is 1260 g/mol. The van der Waals surface area contributed by atoms with Crippen LogP contribution in [0.25, 0.3) is 0 Å². The predicted octanol–water partition coefficient (Wildman–Crippen LogP) is 8.86. The third kappa shape index (κ3) is 15.1. The highest BCUT2D eigenvalue weighted by molar-refractivity contribution is 7.70. The van der Waals surface area contributed by atoms with Crippen LogP contribution in [0.1, 0.15) is 11.1 Å². The van der Waals surface area contributed by atoms with Crippen LogP contribution in [0.3, 0.4) is 0 Å². The number of rotatable bonds is 11. The van der Waals surface area contributed by atoms with Crippen LogP contribution in [0.4, 0.5) is 57.7 Å². The number of benzene rings is 4. The molecule has 0 unspecified atom stereocenters. The summed E-state index contributed by atoms with van der Waals surface area (Å²) < 4.78 is 37.9. The highest BCUT2D eigenvalue weighted by atomic mass is 35.5. The van der Waals surface area contributed by atoms with E-state index in [1.807, 2.05) is 72.6 Å². The SMILES string of the molecule is CN1CC(=O)C1.Cc1cc(Nc2ncc(Cl)c(Nc3ccccc3P(C)(C)=O)n2)cc2c1N1CCN(C3CN(C)C3)C[C@H]1CO2.Cc1cc(Nc2ncc(Cl)c(Nc3ccccc3P(C)(C)=O)n2)cc2c1N1CCNC[C@H]1CO2.Cl.S.S. The van der Waals surface area contributed by atoms with Crippen LogP contribution in [0.2, 0.25) is 10.0 Å². The molecule has 26 heteroatoms. The maximum absolute atomic E-state index is 12.8. The second-order valence-corrected chi connectivity index (χ2v) is 29.1. The summed E-state index contributed by atoms with van der Waals surface area (Å²) in [5.74, 6) is 3.79. The molecule has 0 amide bonds. The van der Waals surface area contributed by atoms with Crippen LogP contribution in [-0.4, -0.2) is 178 Å². The fourth-order valence-corrected chi connectivity index (χ4v) is 13.5. The number of piperazine rings is 2. The monoisotopic (exact) mass is 1250 g/mol. The Morgan fingerprint density at radius 1 is 0.622 bits per heavy atom. The van der Waals surface area contributed by atoms with E-state index >= 15 is 0 Å². The van der Waals surface area contributed by atoms with Crippen molar-refractivity contribution in [1.82, 2.24) is 40.0 Å². The van der Waals surface area contributed by atoms with Crippen molar-refractivity contribution in [2.24, 2.45) is 0 Å². The molecule has 442 valence electrons. The molecule has 2 atom stereocenters. The van der Waals surface area contributed by atoms with Gasteiger partial charge in [-0.3, -0.25) is 14.6 Å². The van der Waals surface area contributed by atoms with Crippen LogP contribution in [0.5, 0.6) is 11.5 Å². The maximum atomic E-state index is 12.8. The number of hydrogen-bond donors (Lipinski definition) is 5. The van der Waals surface area contributed by atoms with Crippen LogP contribution in [-0.2, 0) is 13.9 Å². The lowest BCUT2D eigenvalue weighted by Crippen LogP contribution is -2.65. The number of hydrogen-bond acceptors (Lipinski definition) is 19. The Kier molecular flexibility index (Phi) is 21.5. The molecule has 0 aliphatic carbocycles. The number of nitrogens with one attached hydrogen (secondary N) is 5. The van der Waals surface area contributed by atoms with E-state index in [1.165, 1.54) is 5.69 Å². The molecule has 0 radical (unpaired) electrons. The molecular weight excluding hydrogens is 1180 g/mol. The first kappa shape index (κ1) is 64.5. The summed E-state index contributed by atoms with van der Waals surface area (Å²) in [4.78, 5) is 39.9. The summed E-state index contributed by atoms with van der Waals surface area (Å²) >= 11 is 12.8. The summed E-state index contributed by atoms with van der Waals surface area (Å²) in [7, 11) is -0.871. The molecule has 0 spiro atoms. The minimum Gasteiger partial charge on any atom is -0.489 e. The number of halogens is 3. The minimum absolute atomic E-state index is 0. The first-order valence-corrected chi connectivity index (χ1v) is 32.5. The highest BCUT2D eigenvalue weighted by Gasteiger charge is 2.39. The Morgan fingerprint density at radius 2 is 1.10 bits per heavy atom. The van der Waals surface area contributed by atoms with E-state index in [0.717, 1.165) is 108 Å². The topological polar surface area (TPSA) is 198 Å². The second kappa shape index (κ2) is 27.3. The Hall–Kier alpha value is -5.02. The van der Waals surface area contributed by atoms with E-state index < -0.39 is 14.3 Å². The zero-order chi connectivity index (χ0) is 55.8. The number of Topliss-reactive ketones (excluding diaryl/α,β-unsaturated/α-hetero) is 1. The molecule has 6 aliphatic heterocycles. The summed E-state index contributed by atoms with van der Waals surface area (Å²) in [5.41, 5.74) is 7.74. The van der Waals surface area contributed by atoms with Crippen LogP contribution in [0, 0.1) is 13.8 Å². The third-order valence-electron chi connectivity index (χ3n) is 14.8. The van der Waals surface area contributed by atoms with Gasteiger partial charge < -0.3 is 59.9 Å². The van der Waals surface area contributed by atoms with Crippen LogP contribution >= 0.6 is 76.9 Å². The van der Waals surface area contributed by atoms with Gasteiger partial charge >= 0.3 is 0 Å². The maximum Gasteiger partial charge on any atom is 0.229 e. The number of ether oxygens (including phenoxy) is 2. The number of aromatic nitrogens is 4. The molecule has 2 aromatic heterocycles. The van der Waals surface area contributed by atoms with Gasteiger partial charge in [-0.15, -0.1) is 12.4 Å². The smallest absolute Gasteiger partial charge is 0.229 e. The van der Waals surface area contributed by atoms with E-state index in [9.17, 15) is 13.9 Å². The number of nitrogens with zero attached hydrogens (tertiary/aromatic N) is 9. The van der Waals surface area contributed by atoms with Crippen molar-refractivity contribution in [3.63, 3.8) is 0 Å². The van der Waals surface area contributed by atoms with Crippen molar-refractivity contribution < 1.29 is 23.4 Å². The van der Waals surface area contributed by atoms with Crippen molar-refractivity contribution in [3.05, 3.63) is 106 Å². The Morgan fingerprint density at radius 3 is 1.55 bits per heavy atom. The largest absolute Gasteiger partial charge is 0.489 e. The Labute approximate surface area is 511 Å². The molecule has 19 nitrogen and oxygen atoms in total. The molecule has 4 saturated heterocycles. The van der Waals surface area contributed by atoms with Crippen molar-refractivity contribution in [1.29, 1.82) is 0 Å². The van der Waals surface area contributed by atoms with Crippen LogP contribution in [0.15, 0.2) is 85.2 Å². The first-order chi connectivity index (χ1) is 37.7. The molecule has 0 saturated carbocycles. The van der Waals surface area contributed by atoms with Gasteiger partial charge in [-0.2, -0.15) is 37.0 Å². The van der Waals surface area contributed by atoms with Gasteiger partial charge in [-0.1, -0.05) is 47.5 Å². The van der Waals surface area contributed by atoms with E-state index in [0.29, 0.717) is 89.5 Å². The van der Waals surface area contributed by atoms with Gasteiger partial charge in [-0.25, -0.2) is 9.97 Å². The van der Waals surface area contributed by atoms with Gasteiger partial charge in [0.15, 0.2) is 17.4 Å². The van der Waals surface area contributed by atoms with E-state index in [-0.39, 0.29) is 39.4 Å². The Balaban J connectivity index is 0.000000208. The fourth-order valence-electron chi connectivity index (χ4n) is 10.9. The van der Waals surface area contributed by atoms with Crippen molar-refractivity contribution >= 4 is 151 Å². The molecule has 4 fully saturated rings. The van der Waals surface area contributed by atoms with Crippen LogP contribution < -0.4 is 56.5 Å². The quantitative estimate of drug-likeness (QED) is 0.0771. The van der Waals surface area contributed by atoms with E-state index in [4.69, 9.17) is 32.7 Å². The van der Waals surface area contributed by atoms with Gasteiger partial charge in [-0.05, 0) is 102 Å². The molecule has 6 aliphatic rings. The molecule has 4 aromatic carbocycles. The minimum atomic E-state index is -2.50. The molecular formula is C56H75Cl3N14O5P2S2. The predicted molar refractivity (Wildman–Crippen MR) is 350 cm³/mol. The zero-order valence-electron chi connectivity index (χ0n) is 47.4. The molecule has 12 rings (SSSR count). The number of aryl methyl sites for hydroxylation is 2. The number of likely N-dealkylation sites (tertiary alicyclic amines) is 2. The third-order valence-corrected chi connectivity index (χ3v) is 18.4. The summed E-state index contributed by atoms with van der Waals surface area (Å²) in [5, 5.41) is 18.8. The van der Waals surface area contributed by atoms with E-state index in [1.54, 1.807) is 39.1 Å². The van der Waals surface area contributed by atoms with Gasteiger partial charge in [0, 0.05) is 92.5 Å². The second-order valence-electron chi connectivity index (χ2n) is 21.9. The van der Waals surface area contributed by atoms with Gasteiger partial charge in [0.25, 0.3) is 0 Å². The lowest BCUT2D eigenvalue weighted by atomic mass is 10.0. The molecule has 8 heterocycles. The summed E-state index contributed by atoms with van der Waals surface area (Å²) in [6.45, 7) is 22.2. The van der Waals surface area contributed by atoms with Gasteiger partial charge in [0.1, 0.15) is 49.0 Å². The summed E-state index contributed by atoms with van der Waals surface area (Å²) in [6, 6.07) is 24.6. The molecule has 5 N–H and O–H groups in total. The lowest BCUT2D eigenvalue weighted by Gasteiger charge is -2.51. The zero-order valence-corrected chi connectivity index (χ0v) is 53.5. The van der Waals surface area contributed by atoms with Crippen molar-refractivity contribution in [3.8, 4) is 11.5 Å². The van der Waals surface area contributed by atoms with Crippen molar-refractivity contribution in [2.45, 2.75) is 32.0 Å². The lowest BCUT2D eigenvalue weighted by molar-refractivity contribution is -0.127. The number of para-hydroxylation sites is 2. The number of carbonyl (C=O) groups excluding carboxylic acids is 1. The standard InChI is InChI=1S/C28H35ClN7O2P.C24H28ClN6O2P.C4H7NO.ClH.2H2S/c1-18-11-19(12-24-26(18)36-10-9-35(16-21(36)17-38-24)20-14-34(2)15-20)31-28-30-13-22(29)27(33-28)32-23-7-5-6-8-25(23)39(3,4)37;1-15-10-16(11-20-22(15)31-9-8-26-12-17(31)14-33-20)28-24-27-13-18(25)23(30-24)29-19-6-4-5-7-21(19)34(2,3)32;1-5-2-4(6)3-5;;;/h5-8,11-13,20-21H,9-10,14-17H2,1-4H3,(H2,30,31,32,33);4-7,10-11,13,17,26H,8-9,12,14H2,1-3H3,(H2,27,28,29,30);2-3H2,1H3;1H;2*1H2/t21-;17-;;;;/m00..../s1. The first-order valence-electron chi connectivity index (χ1n) is 26.6. The normalized spacial score (nSPS) is 18.5. The Bertz CT molecular complexity index is 3350. The van der Waals surface area contributed by atoms with E-state index in [2.05, 4.69) is 99.1 Å². The number of likely N-dealkylation sites (N-methyl/N-ethyl adjacent to an activating group) is 2.